The zero-order valence-corrected chi connectivity index (χ0v) is 11.4. The minimum atomic E-state index is 0.430. The van der Waals surface area contributed by atoms with E-state index in [1.807, 2.05) is 0 Å². The average molecular weight is 243 g/mol. The van der Waals surface area contributed by atoms with E-state index >= 15 is 0 Å². The van der Waals surface area contributed by atoms with Gasteiger partial charge in [0.25, 0.3) is 0 Å². The van der Waals surface area contributed by atoms with Crippen LogP contribution in [0.5, 0.6) is 0 Å². The predicted octanol–water partition coefficient (Wildman–Crippen LogP) is 2.93. The monoisotopic (exact) mass is 243 g/mol. The molecule has 0 atom stereocenters. The molecule has 18 heavy (non-hydrogen) atoms. The molecule has 0 aliphatic rings. The van der Waals surface area contributed by atoms with Crippen molar-refractivity contribution in [3.8, 4) is 0 Å². The Balaban J connectivity index is 2.66. The second-order valence-corrected chi connectivity index (χ2v) is 4.74. The molecule has 0 radical (unpaired) electrons. The maximum absolute atomic E-state index is 5.75. The molecule has 1 aromatic carbocycles. The first-order valence-electron chi connectivity index (χ1n) is 6.52. The van der Waals surface area contributed by atoms with Crippen molar-refractivity contribution in [1.82, 2.24) is 4.98 Å². The third kappa shape index (κ3) is 2.31. The Morgan fingerprint density at radius 2 is 2.00 bits per heavy atom. The molecule has 0 saturated heterocycles. The molecular weight excluding hydrogens is 222 g/mol. The van der Waals surface area contributed by atoms with Gasteiger partial charge < -0.3 is 10.6 Å². The van der Waals surface area contributed by atoms with E-state index in [2.05, 4.69) is 56.0 Å². The Morgan fingerprint density at radius 1 is 1.28 bits per heavy atom. The molecule has 96 valence electrons. The van der Waals surface area contributed by atoms with Crippen LogP contribution in [-0.4, -0.2) is 17.6 Å². The zero-order valence-electron chi connectivity index (χ0n) is 11.4. The molecule has 1 aromatic heterocycles. The molecule has 3 heteroatoms. The first-order valence-corrected chi connectivity index (χ1v) is 6.52. The van der Waals surface area contributed by atoms with Gasteiger partial charge in [0.2, 0.25) is 0 Å². The Morgan fingerprint density at radius 3 is 2.61 bits per heavy atom. The van der Waals surface area contributed by atoms with Gasteiger partial charge in [-0.1, -0.05) is 24.3 Å². The predicted molar refractivity (Wildman–Crippen MR) is 77.8 cm³/mol. The molecule has 0 aliphatic carbocycles. The smallest absolute Gasteiger partial charge is 0.137 e. The number of nitrogens with two attached hydrogens (primary N) is 1. The Bertz CT molecular complexity index is 534. The van der Waals surface area contributed by atoms with Crippen molar-refractivity contribution in [3.05, 3.63) is 36.0 Å². The van der Waals surface area contributed by atoms with Gasteiger partial charge in [-0.2, -0.15) is 0 Å². The summed E-state index contributed by atoms with van der Waals surface area (Å²) in [5.41, 5.74) is 6.69. The maximum atomic E-state index is 5.75. The second kappa shape index (κ2) is 5.36. The lowest BCUT2D eigenvalue weighted by Gasteiger charge is -2.28. The molecule has 2 aromatic rings. The van der Waals surface area contributed by atoms with Crippen LogP contribution in [0.15, 0.2) is 30.3 Å². The van der Waals surface area contributed by atoms with Crippen LogP contribution in [0, 0.1) is 0 Å². The number of hydrogen-bond acceptors (Lipinski definition) is 3. The number of hydrogen-bond donors (Lipinski definition) is 1. The number of pyridine rings is 1. The number of anilines is 1. The molecule has 0 fully saturated rings. The molecule has 0 spiro atoms. The number of rotatable bonds is 4. The largest absolute Gasteiger partial charge is 0.354 e. The van der Waals surface area contributed by atoms with Gasteiger partial charge in [-0.05, 0) is 32.2 Å². The average Bonchev–Trinajstić information content (AvgIpc) is 2.38. The van der Waals surface area contributed by atoms with Crippen LogP contribution in [0.2, 0.25) is 0 Å². The van der Waals surface area contributed by atoms with E-state index in [-0.39, 0.29) is 0 Å². The van der Waals surface area contributed by atoms with Gasteiger partial charge in [-0.25, -0.2) is 4.98 Å². The van der Waals surface area contributed by atoms with Crippen LogP contribution in [-0.2, 0) is 6.54 Å². The zero-order chi connectivity index (χ0) is 13.1. The summed E-state index contributed by atoms with van der Waals surface area (Å²) >= 11 is 0. The minimum absolute atomic E-state index is 0.430. The quantitative estimate of drug-likeness (QED) is 0.897. The third-order valence-corrected chi connectivity index (χ3v) is 3.22. The van der Waals surface area contributed by atoms with Gasteiger partial charge in [-0.15, -0.1) is 0 Å². The molecule has 2 rings (SSSR count). The van der Waals surface area contributed by atoms with E-state index in [9.17, 15) is 0 Å². The lowest BCUT2D eigenvalue weighted by Crippen LogP contribution is -2.31. The lowest BCUT2D eigenvalue weighted by molar-refractivity contribution is 0.694. The summed E-state index contributed by atoms with van der Waals surface area (Å²) in [5, 5.41) is 2.41. The molecule has 2 N–H and O–H groups in total. The third-order valence-electron chi connectivity index (χ3n) is 3.22. The standard InChI is InChI=1S/C15H21N3/c1-4-18(11(2)3)15-14-8-6-5-7-12(14)9-13(10-16)17-15/h5-9,11H,4,10,16H2,1-3H3. The fourth-order valence-electron chi connectivity index (χ4n) is 2.32. The summed E-state index contributed by atoms with van der Waals surface area (Å²) in [4.78, 5) is 7.02. The Labute approximate surface area is 109 Å². The number of fused-ring (bicyclic) bond motifs is 1. The summed E-state index contributed by atoms with van der Waals surface area (Å²) in [6.45, 7) is 7.96. The van der Waals surface area contributed by atoms with E-state index in [0.29, 0.717) is 12.6 Å². The molecule has 0 aliphatic heterocycles. The molecule has 1 heterocycles. The van der Waals surface area contributed by atoms with Crippen molar-refractivity contribution in [3.63, 3.8) is 0 Å². The lowest BCUT2D eigenvalue weighted by atomic mass is 10.1. The summed E-state index contributed by atoms with van der Waals surface area (Å²) in [5.74, 6) is 1.05. The Hall–Kier alpha value is -1.61. The first-order chi connectivity index (χ1) is 8.67. The normalized spacial score (nSPS) is 11.2. The highest BCUT2D eigenvalue weighted by molar-refractivity contribution is 5.92. The van der Waals surface area contributed by atoms with Gasteiger partial charge >= 0.3 is 0 Å². The van der Waals surface area contributed by atoms with Gasteiger partial charge in [0.1, 0.15) is 5.82 Å². The highest BCUT2D eigenvalue weighted by Gasteiger charge is 2.14. The van der Waals surface area contributed by atoms with Crippen molar-refractivity contribution in [1.29, 1.82) is 0 Å². The molecule has 0 bridgehead atoms. The van der Waals surface area contributed by atoms with Crippen molar-refractivity contribution < 1.29 is 0 Å². The fourth-order valence-corrected chi connectivity index (χ4v) is 2.32. The van der Waals surface area contributed by atoms with Crippen LogP contribution < -0.4 is 10.6 Å². The summed E-state index contributed by atoms with van der Waals surface area (Å²) in [6.07, 6.45) is 0. The molecule has 3 nitrogen and oxygen atoms in total. The van der Waals surface area contributed by atoms with E-state index in [4.69, 9.17) is 10.7 Å². The molecular formula is C15H21N3. The van der Waals surface area contributed by atoms with Crippen molar-refractivity contribution in [2.24, 2.45) is 5.73 Å². The number of aromatic nitrogens is 1. The SMILES string of the molecule is CCN(c1nc(CN)cc2ccccc12)C(C)C. The number of nitrogens with zero attached hydrogens (tertiary/aromatic N) is 2. The first kappa shape index (κ1) is 12.8. The van der Waals surface area contributed by atoms with E-state index in [1.165, 1.54) is 10.8 Å². The summed E-state index contributed by atoms with van der Waals surface area (Å²) in [6, 6.07) is 10.9. The van der Waals surface area contributed by atoms with Crippen LogP contribution >= 0.6 is 0 Å². The fraction of sp³-hybridized carbons (Fsp3) is 0.400. The summed E-state index contributed by atoms with van der Waals surface area (Å²) < 4.78 is 0. The molecule has 0 amide bonds. The van der Waals surface area contributed by atoms with Crippen LogP contribution in [0.25, 0.3) is 10.8 Å². The van der Waals surface area contributed by atoms with Crippen LogP contribution in [0.3, 0.4) is 0 Å². The van der Waals surface area contributed by atoms with Crippen molar-refractivity contribution in [2.45, 2.75) is 33.4 Å². The highest BCUT2D eigenvalue weighted by atomic mass is 15.2. The minimum Gasteiger partial charge on any atom is -0.354 e. The van der Waals surface area contributed by atoms with E-state index in [1.54, 1.807) is 0 Å². The van der Waals surface area contributed by atoms with E-state index < -0.39 is 0 Å². The van der Waals surface area contributed by atoms with Gasteiger partial charge in [0.05, 0.1) is 5.69 Å². The molecule has 0 unspecified atom stereocenters. The van der Waals surface area contributed by atoms with Crippen LogP contribution in [0.4, 0.5) is 5.82 Å². The van der Waals surface area contributed by atoms with Crippen molar-refractivity contribution >= 4 is 16.6 Å². The number of benzene rings is 1. The van der Waals surface area contributed by atoms with E-state index in [0.717, 1.165) is 18.1 Å². The maximum Gasteiger partial charge on any atom is 0.137 e. The molecule has 0 saturated carbocycles. The van der Waals surface area contributed by atoms with Crippen LogP contribution in [0.1, 0.15) is 26.5 Å². The van der Waals surface area contributed by atoms with Gasteiger partial charge in [-0.3, -0.25) is 0 Å². The topological polar surface area (TPSA) is 42.2 Å². The van der Waals surface area contributed by atoms with Crippen molar-refractivity contribution in [2.75, 3.05) is 11.4 Å². The second-order valence-electron chi connectivity index (χ2n) is 4.74. The van der Waals surface area contributed by atoms with Gasteiger partial charge in [0.15, 0.2) is 0 Å². The highest BCUT2D eigenvalue weighted by Crippen LogP contribution is 2.26. The summed E-state index contributed by atoms with van der Waals surface area (Å²) in [7, 11) is 0. The van der Waals surface area contributed by atoms with Gasteiger partial charge in [0, 0.05) is 24.5 Å². The Kier molecular flexibility index (Phi) is 3.82.